The first kappa shape index (κ1) is 28.7. The Bertz CT molecular complexity index is 1320. The molecule has 1 aliphatic rings. The Balaban J connectivity index is 1.46. The molecule has 1 aliphatic heterocycles. The van der Waals surface area contributed by atoms with Crippen LogP contribution in [0.1, 0.15) is 61.0 Å². The maximum Gasteiger partial charge on any atom is 0.257 e. The van der Waals surface area contributed by atoms with E-state index in [2.05, 4.69) is 6.92 Å². The first-order chi connectivity index (χ1) is 18.7. The average molecular weight is 545 g/mol. The summed E-state index contributed by atoms with van der Waals surface area (Å²) in [6, 6.07) is 11.2. The predicted octanol–water partition coefficient (Wildman–Crippen LogP) is 9.71. The Morgan fingerprint density at radius 1 is 0.872 bits per heavy atom. The molecule has 206 valence electrons. The SMILES string of the molecule is CCCC1CCC(c2ccc(-c3ccc(/C=C/c4cc(F)c(C/C=C/C(F)F)c(F)c4)c(F)c3)c(F)c2)OC1. The lowest BCUT2D eigenvalue weighted by atomic mass is 9.91. The molecule has 0 aromatic heterocycles. The Morgan fingerprint density at radius 3 is 2.26 bits per heavy atom. The molecule has 39 heavy (non-hydrogen) atoms. The Kier molecular flexibility index (Phi) is 9.68. The fourth-order valence-corrected chi connectivity index (χ4v) is 4.89. The van der Waals surface area contributed by atoms with Gasteiger partial charge in [0.2, 0.25) is 0 Å². The average Bonchev–Trinajstić information content (AvgIpc) is 2.90. The van der Waals surface area contributed by atoms with Crippen LogP contribution in [0.4, 0.5) is 26.3 Å². The second-order valence-corrected chi connectivity index (χ2v) is 9.79. The molecule has 2 unspecified atom stereocenters. The number of halogens is 6. The van der Waals surface area contributed by atoms with Crippen molar-refractivity contribution in [1.82, 2.24) is 0 Å². The van der Waals surface area contributed by atoms with Gasteiger partial charge in [0.15, 0.2) is 0 Å². The van der Waals surface area contributed by atoms with E-state index in [1.807, 2.05) is 6.07 Å². The van der Waals surface area contributed by atoms with Crippen LogP contribution in [0.2, 0.25) is 0 Å². The predicted molar refractivity (Wildman–Crippen MR) is 142 cm³/mol. The summed E-state index contributed by atoms with van der Waals surface area (Å²) in [5, 5.41) is 0. The van der Waals surface area contributed by atoms with Gasteiger partial charge in [-0.2, -0.15) is 0 Å². The van der Waals surface area contributed by atoms with Gasteiger partial charge in [0.1, 0.15) is 23.3 Å². The third kappa shape index (κ3) is 7.41. The van der Waals surface area contributed by atoms with Crippen LogP contribution < -0.4 is 0 Å². The zero-order valence-electron chi connectivity index (χ0n) is 21.6. The van der Waals surface area contributed by atoms with E-state index in [9.17, 15) is 22.0 Å². The maximum absolute atomic E-state index is 15.0. The number of hydrogen-bond acceptors (Lipinski definition) is 1. The van der Waals surface area contributed by atoms with Gasteiger partial charge in [0, 0.05) is 16.7 Å². The molecule has 0 radical (unpaired) electrons. The molecule has 0 spiro atoms. The lowest BCUT2D eigenvalue weighted by Crippen LogP contribution is -2.20. The molecule has 2 atom stereocenters. The van der Waals surface area contributed by atoms with Crippen molar-refractivity contribution in [1.29, 1.82) is 0 Å². The van der Waals surface area contributed by atoms with Crippen molar-refractivity contribution in [3.05, 3.63) is 106 Å². The molecule has 4 rings (SSSR count). The van der Waals surface area contributed by atoms with Crippen molar-refractivity contribution < 1.29 is 31.1 Å². The van der Waals surface area contributed by atoms with Gasteiger partial charge in [0.05, 0.1) is 12.7 Å². The number of hydrogen-bond donors (Lipinski definition) is 0. The minimum Gasteiger partial charge on any atom is -0.373 e. The molecule has 3 aromatic carbocycles. The van der Waals surface area contributed by atoms with Gasteiger partial charge in [-0.3, -0.25) is 0 Å². The minimum absolute atomic E-state index is 0.141. The first-order valence-corrected chi connectivity index (χ1v) is 13.1. The molecule has 1 heterocycles. The van der Waals surface area contributed by atoms with Crippen molar-refractivity contribution in [2.45, 2.75) is 51.6 Å². The van der Waals surface area contributed by atoms with E-state index in [0.29, 0.717) is 24.2 Å². The highest BCUT2D eigenvalue weighted by Gasteiger charge is 2.23. The molecular weight excluding hydrogens is 514 g/mol. The van der Waals surface area contributed by atoms with E-state index in [0.717, 1.165) is 49.5 Å². The summed E-state index contributed by atoms with van der Waals surface area (Å²) in [4.78, 5) is 0. The van der Waals surface area contributed by atoms with Crippen LogP contribution in [0.5, 0.6) is 0 Å². The number of allylic oxidation sites excluding steroid dienone is 2. The highest BCUT2D eigenvalue weighted by Crippen LogP contribution is 2.35. The first-order valence-electron chi connectivity index (χ1n) is 13.1. The molecule has 1 saturated heterocycles. The van der Waals surface area contributed by atoms with Crippen molar-refractivity contribution >= 4 is 12.2 Å². The van der Waals surface area contributed by atoms with Gasteiger partial charge < -0.3 is 4.74 Å². The largest absolute Gasteiger partial charge is 0.373 e. The number of alkyl halides is 2. The van der Waals surface area contributed by atoms with E-state index >= 15 is 4.39 Å². The topological polar surface area (TPSA) is 9.23 Å². The van der Waals surface area contributed by atoms with Crippen LogP contribution >= 0.6 is 0 Å². The molecular formula is C32H30F6O. The summed E-state index contributed by atoms with van der Waals surface area (Å²) in [5.41, 5.74) is 1.35. The van der Waals surface area contributed by atoms with Crippen LogP contribution in [0, 0.1) is 29.2 Å². The normalized spacial score (nSPS) is 18.1. The van der Waals surface area contributed by atoms with Crippen LogP contribution in [0.15, 0.2) is 60.7 Å². The molecule has 0 amide bonds. The van der Waals surface area contributed by atoms with E-state index in [1.165, 1.54) is 30.4 Å². The number of benzene rings is 3. The lowest BCUT2D eigenvalue weighted by Gasteiger charge is -2.29. The Labute approximate surface area is 224 Å². The van der Waals surface area contributed by atoms with Crippen molar-refractivity contribution in [3.63, 3.8) is 0 Å². The fraction of sp³-hybridized carbons (Fsp3) is 0.312. The maximum atomic E-state index is 15.0. The second-order valence-electron chi connectivity index (χ2n) is 9.79. The fourth-order valence-electron chi connectivity index (χ4n) is 4.89. The summed E-state index contributed by atoms with van der Waals surface area (Å²) in [7, 11) is 0. The van der Waals surface area contributed by atoms with E-state index in [1.54, 1.807) is 12.1 Å². The number of rotatable bonds is 9. The van der Waals surface area contributed by atoms with E-state index in [-0.39, 0.29) is 34.8 Å². The van der Waals surface area contributed by atoms with Crippen LogP contribution in [0.25, 0.3) is 23.3 Å². The minimum atomic E-state index is -2.70. The zero-order valence-corrected chi connectivity index (χ0v) is 21.6. The van der Waals surface area contributed by atoms with Crippen molar-refractivity contribution in [3.8, 4) is 11.1 Å². The van der Waals surface area contributed by atoms with Crippen molar-refractivity contribution in [2.75, 3.05) is 6.61 Å². The van der Waals surface area contributed by atoms with Crippen LogP contribution in [-0.2, 0) is 11.2 Å². The van der Waals surface area contributed by atoms with Gasteiger partial charge in [-0.15, -0.1) is 0 Å². The third-order valence-electron chi connectivity index (χ3n) is 6.97. The van der Waals surface area contributed by atoms with Gasteiger partial charge in [-0.1, -0.05) is 55.8 Å². The molecule has 1 nitrogen and oxygen atoms in total. The van der Waals surface area contributed by atoms with E-state index in [4.69, 9.17) is 4.74 Å². The Morgan fingerprint density at radius 2 is 1.64 bits per heavy atom. The molecule has 0 bridgehead atoms. The lowest BCUT2D eigenvalue weighted by molar-refractivity contribution is -0.0195. The van der Waals surface area contributed by atoms with Gasteiger partial charge in [-0.05, 0) is 78.6 Å². The summed E-state index contributed by atoms with van der Waals surface area (Å²) >= 11 is 0. The van der Waals surface area contributed by atoms with Gasteiger partial charge in [-0.25, -0.2) is 26.3 Å². The van der Waals surface area contributed by atoms with Crippen LogP contribution in [0.3, 0.4) is 0 Å². The monoisotopic (exact) mass is 544 g/mol. The molecule has 0 N–H and O–H groups in total. The molecule has 7 heteroatoms. The number of ether oxygens (including phenoxy) is 1. The van der Waals surface area contributed by atoms with E-state index < -0.39 is 29.7 Å². The summed E-state index contributed by atoms with van der Waals surface area (Å²) < 4.78 is 88.9. The molecule has 0 saturated carbocycles. The summed E-state index contributed by atoms with van der Waals surface area (Å²) in [6.07, 6.45) is 5.22. The smallest absolute Gasteiger partial charge is 0.257 e. The summed E-state index contributed by atoms with van der Waals surface area (Å²) in [5.74, 6) is -2.32. The molecule has 1 fully saturated rings. The third-order valence-corrected chi connectivity index (χ3v) is 6.97. The van der Waals surface area contributed by atoms with Gasteiger partial charge >= 0.3 is 0 Å². The summed E-state index contributed by atoms with van der Waals surface area (Å²) in [6.45, 7) is 2.82. The quantitative estimate of drug-likeness (QED) is 0.148. The second kappa shape index (κ2) is 13.2. The van der Waals surface area contributed by atoms with Gasteiger partial charge in [0.25, 0.3) is 6.43 Å². The zero-order chi connectivity index (χ0) is 27.9. The Hall–Kier alpha value is -3.32. The molecule has 3 aromatic rings. The molecule has 0 aliphatic carbocycles. The highest BCUT2D eigenvalue weighted by molar-refractivity contribution is 5.73. The van der Waals surface area contributed by atoms with Crippen LogP contribution in [-0.4, -0.2) is 13.0 Å². The highest BCUT2D eigenvalue weighted by atomic mass is 19.3. The standard InChI is InChI=1S/C32H30F6O/c1-2-4-20-8-14-31(39-19-20)24-12-13-25(30(36)18-24)23-11-10-22(27(33)17-23)9-7-21-15-28(34)26(29(35)16-21)5-3-6-32(37)38/h3,6-7,9-13,15-18,20,31-32H,2,4-5,8,14,19H2,1H3/b6-3+,9-7+. The van der Waals surface area contributed by atoms with Crippen molar-refractivity contribution in [2.24, 2.45) is 5.92 Å².